The molecule has 2 rings (SSSR count). The van der Waals surface area contributed by atoms with Crippen molar-refractivity contribution >= 4 is 11.6 Å². The van der Waals surface area contributed by atoms with Crippen LogP contribution < -0.4 is 16.8 Å². The summed E-state index contributed by atoms with van der Waals surface area (Å²) in [6.07, 6.45) is -4.42. The van der Waals surface area contributed by atoms with Crippen LogP contribution in [-0.4, -0.2) is 5.91 Å². The van der Waals surface area contributed by atoms with Crippen LogP contribution in [0.5, 0.6) is 0 Å². The summed E-state index contributed by atoms with van der Waals surface area (Å²) in [7, 11) is 0. The predicted octanol–water partition coefficient (Wildman–Crippen LogP) is 2.68. The predicted molar refractivity (Wildman–Crippen MR) is 81.4 cm³/mol. The minimum atomic E-state index is -4.42. The van der Waals surface area contributed by atoms with E-state index in [1.807, 2.05) is 0 Å². The minimum absolute atomic E-state index is 0.149. The number of anilines is 1. The van der Waals surface area contributed by atoms with Crippen molar-refractivity contribution in [3.8, 4) is 0 Å². The maximum Gasteiger partial charge on any atom is 0.416 e. The smallest absolute Gasteiger partial charge is 0.398 e. The molecular weight excluding hydrogens is 307 g/mol. The molecule has 2 aromatic rings. The molecule has 122 valence electrons. The Morgan fingerprint density at radius 1 is 1.09 bits per heavy atom. The lowest BCUT2D eigenvalue weighted by molar-refractivity contribution is -0.137. The van der Waals surface area contributed by atoms with Gasteiger partial charge in [0.15, 0.2) is 0 Å². The Balaban J connectivity index is 2.07. The maximum atomic E-state index is 12.5. The lowest BCUT2D eigenvalue weighted by Crippen LogP contribution is -2.24. The zero-order chi connectivity index (χ0) is 17.0. The van der Waals surface area contributed by atoms with Gasteiger partial charge in [0.2, 0.25) is 0 Å². The summed E-state index contributed by atoms with van der Waals surface area (Å²) < 4.78 is 37.5. The molecule has 0 heterocycles. The molecule has 0 radical (unpaired) electrons. The van der Waals surface area contributed by atoms with Crippen molar-refractivity contribution in [3.63, 3.8) is 0 Å². The van der Waals surface area contributed by atoms with Crippen LogP contribution in [0.3, 0.4) is 0 Å². The topological polar surface area (TPSA) is 81.1 Å². The molecule has 0 aliphatic heterocycles. The number of nitrogens with two attached hydrogens (primary N) is 2. The van der Waals surface area contributed by atoms with Crippen LogP contribution in [-0.2, 0) is 19.3 Å². The first-order valence-electron chi connectivity index (χ1n) is 6.84. The van der Waals surface area contributed by atoms with Crippen molar-refractivity contribution in [1.82, 2.24) is 5.32 Å². The van der Waals surface area contributed by atoms with Crippen molar-refractivity contribution < 1.29 is 18.0 Å². The Bertz CT molecular complexity index is 697. The molecule has 0 aliphatic carbocycles. The summed E-state index contributed by atoms with van der Waals surface area (Å²) in [4.78, 5) is 12.0. The van der Waals surface area contributed by atoms with E-state index in [1.54, 1.807) is 18.2 Å². The number of rotatable bonds is 4. The molecule has 0 atom stereocenters. The number of carbonyl (C=O) groups excluding carboxylic acids is 1. The zero-order valence-electron chi connectivity index (χ0n) is 12.2. The minimum Gasteiger partial charge on any atom is -0.398 e. The highest BCUT2D eigenvalue weighted by atomic mass is 19.4. The summed E-state index contributed by atoms with van der Waals surface area (Å²) >= 11 is 0. The molecule has 0 saturated heterocycles. The summed E-state index contributed by atoms with van der Waals surface area (Å²) in [6.45, 7) is 0.426. The van der Waals surface area contributed by atoms with E-state index >= 15 is 0 Å². The number of alkyl halides is 3. The zero-order valence-corrected chi connectivity index (χ0v) is 12.2. The van der Waals surface area contributed by atoms with Crippen molar-refractivity contribution in [3.05, 3.63) is 64.7 Å². The Labute approximate surface area is 131 Å². The summed E-state index contributed by atoms with van der Waals surface area (Å²) in [5, 5.41) is 2.64. The van der Waals surface area contributed by atoms with Gasteiger partial charge in [0, 0.05) is 24.3 Å². The van der Waals surface area contributed by atoms with Crippen LogP contribution in [0, 0.1) is 0 Å². The highest BCUT2D eigenvalue weighted by molar-refractivity contribution is 5.94. The molecule has 0 spiro atoms. The molecule has 0 unspecified atom stereocenters. The monoisotopic (exact) mass is 323 g/mol. The normalized spacial score (nSPS) is 11.3. The van der Waals surface area contributed by atoms with E-state index in [2.05, 4.69) is 5.32 Å². The van der Waals surface area contributed by atoms with Crippen LogP contribution in [0.2, 0.25) is 0 Å². The van der Waals surface area contributed by atoms with Crippen LogP contribution in [0.25, 0.3) is 0 Å². The number of nitrogen functional groups attached to an aromatic ring is 1. The summed E-state index contributed by atoms with van der Waals surface area (Å²) in [6, 6.07) is 9.27. The quantitative estimate of drug-likeness (QED) is 0.757. The second-order valence-corrected chi connectivity index (χ2v) is 4.95. The van der Waals surface area contributed by atoms with Crippen LogP contribution in [0.1, 0.15) is 27.0 Å². The van der Waals surface area contributed by atoms with Gasteiger partial charge in [-0.25, -0.2) is 0 Å². The Morgan fingerprint density at radius 3 is 2.30 bits per heavy atom. The van der Waals surface area contributed by atoms with Gasteiger partial charge >= 0.3 is 6.18 Å². The summed E-state index contributed by atoms with van der Waals surface area (Å²) in [5.74, 6) is -0.468. The van der Waals surface area contributed by atoms with Crippen LogP contribution in [0.4, 0.5) is 18.9 Å². The average Bonchev–Trinajstić information content (AvgIpc) is 2.52. The van der Waals surface area contributed by atoms with Crippen molar-refractivity contribution in [2.24, 2.45) is 5.73 Å². The second kappa shape index (κ2) is 6.70. The molecule has 23 heavy (non-hydrogen) atoms. The molecule has 7 heteroatoms. The fraction of sp³-hybridized carbons (Fsp3) is 0.188. The summed E-state index contributed by atoms with van der Waals surface area (Å²) in [5.41, 5.74) is 12.8. The van der Waals surface area contributed by atoms with Crippen molar-refractivity contribution in [2.45, 2.75) is 19.3 Å². The van der Waals surface area contributed by atoms with Gasteiger partial charge in [-0.2, -0.15) is 13.2 Å². The van der Waals surface area contributed by atoms with Crippen molar-refractivity contribution in [1.29, 1.82) is 0 Å². The first kappa shape index (κ1) is 16.8. The van der Waals surface area contributed by atoms with Crippen LogP contribution in [0.15, 0.2) is 42.5 Å². The Kier molecular flexibility index (Phi) is 4.90. The highest BCUT2D eigenvalue weighted by Gasteiger charge is 2.30. The number of benzene rings is 2. The SMILES string of the molecule is NCc1c(N)cccc1CNC(=O)c1ccc(C(F)(F)F)cc1. The van der Waals surface area contributed by atoms with Crippen molar-refractivity contribution in [2.75, 3.05) is 5.73 Å². The Hall–Kier alpha value is -2.54. The molecule has 0 aliphatic rings. The highest BCUT2D eigenvalue weighted by Crippen LogP contribution is 2.29. The van der Waals surface area contributed by atoms with E-state index in [-0.39, 0.29) is 18.7 Å². The first-order chi connectivity index (χ1) is 10.8. The van der Waals surface area contributed by atoms with Gasteiger partial charge in [-0.3, -0.25) is 4.79 Å². The van der Waals surface area contributed by atoms with Gasteiger partial charge in [0.1, 0.15) is 0 Å². The fourth-order valence-corrected chi connectivity index (χ4v) is 2.16. The largest absolute Gasteiger partial charge is 0.416 e. The van der Waals surface area contributed by atoms with E-state index in [4.69, 9.17) is 11.5 Å². The number of amides is 1. The first-order valence-corrected chi connectivity index (χ1v) is 6.84. The average molecular weight is 323 g/mol. The fourth-order valence-electron chi connectivity index (χ4n) is 2.16. The van der Waals surface area contributed by atoms with E-state index in [1.165, 1.54) is 0 Å². The molecule has 1 amide bonds. The molecule has 5 N–H and O–H groups in total. The second-order valence-electron chi connectivity index (χ2n) is 4.95. The lowest BCUT2D eigenvalue weighted by atomic mass is 10.1. The third-order valence-corrected chi connectivity index (χ3v) is 3.43. The van der Waals surface area contributed by atoms with E-state index in [0.717, 1.165) is 35.4 Å². The number of nitrogens with one attached hydrogen (secondary N) is 1. The number of hydrogen-bond donors (Lipinski definition) is 3. The van der Waals surface area contributed by atoms with Gasteiger partial charge in [-0.1, -0.05) is 12.1 Å². The van der Waals surface area contributed by atoms with Crippen LogP contribution >= 0.6 is 0 Å². The number of carbonyl (C=O) groups is 1. The molecule has 0 bridgehead atoms. The van der Waals surface area contributed by atoms with Gasteiger partial charge in [0.05, 0.1) is 5.56 Å². The van der Waals surface area contributed by atoms with E-state index in [9.17, 15) is 18.0 Å². The van der Waals surface area contributed by atoms with E-state index in [0.29, 0.717) is 5.69 Å². The molecule has 2 aromatic carbocycles. The lowest BCUT2D eigenvalue weighted by Gasteiger charge is -2.12. The maximum absolute atomic E-state index is 12.5. The van der Waals surface area contributed by atoms with Gasteiger partial charge in [-0.15, -0.1) is 0 Å². The number of hydrogen-bond acceptors (Lipinski definition) is 3. The van der Waals surface area contributed by atoms with Gasteiger partial charge in [0.25, 0.3) is 5.91 Å². The molecule has 0 aromatic heterocycles. The third-order valence-electron chi connectivity index (χ3n) is 3.43. The Morgan fingerprint density at radius 2 is 1.74 bits per heavy atom. The van der Waals surface area contributed by atoms with E-state index < -0.39 is 17.6 Å². The molecular formula is C16H16F3N3O. The standard InChI is InChI=1S/C16H16F3N3O/c17-16(18,19)12-6-4-10(5-7-12)15(23)22-9-11-2-1-3-14(21)13(11)8-20/h1-7H,8-9,20-21H2,(H,22,23). The molecule has 0 saturated carbocycles. The van der Waals surface area contributed by atoms with Gasteiger partial charge in [-0.05, 0) is 41.5 Å². The molecule has 4 nitrogen and oxygen atoms in total. The van der Waals surface area contributed by atoms with Gasteiger partial charge < -0.3 is 16.8 Å². The third kappa shape index (κ3) is 4.01. The number of halogens is 3. The molecule has 0 fully saturated rings.